The zero-order chi connectivity index (χ0) is 10.0. The lowest BCUT2D eigenvalue weighted by atomic mass is 10.2. The molecule has 0 fully saturated rings. The molecule has 0 unspecified atom stereocenters. The first-order valence-corrected chi connectivity index (χ1v) is 5.09. The van der Waals surface area contributed by atoms with Gasteiger partial charge in [0, 0.05) is 5.33 Å². The molecule has 0 aromatic carbocycles. The molecule has 0 saturated heterocycles. The first-order chi connectivity index (χ1) is 6.06. The Bertz CT molecular complexity index is 356. The highest BCUT2D eigenvalue weighted by Gasteiger charge is 2.20. The van der Waals surface area contributed by atoms with Crippen LogP contribution in [-0.4, -0.2) is 4.92 Å². The van der Waals surface area contributed by atoms with Crippen molar-refractivity contribution in [1.29, 1.82) is 0 Å². The quantitative estimate of drug-likeness (QED) is 0.275. The second-order valence-corrected chi connectivity index (χ2v) is 3.64. The van der Waals surface area contributed by atoms with Gasteiger partial charge in [0.05, 0.1) is 15.0 Å². The van der Waals surface area contributed by atoms with Crippen molar-refractivity contribution in [2.75, 3.05) is 0 Å². The van der Waals surface area contributed by atoms with Gasteiger partial charge in [0.2, 0.25) is 0 Å². The minimum Gasteiger partial charge on any atom is -0.618 e. The molecule has 0 amide bonds. The summed E-state index contributed by atoms with van der Waals surface area (Å²) in [5, 5.41) is 21.7. The van der Waals surface area contributed by atoms with Crippen LogP contribution in [-0.2, 0) is 5.33 Å². The monoisotopic (exact) mass is 310 g/mol. The van der Waals surface area contributed by atoms with Gasteiger partial charge in [-0.25, -0.2) is 0 Å². The van der Waals surface area contributed by atoms with Crippen molar-refractivity contribution in [3.05, 3.63) is 37.8 Å². The Balaban J connectivity index is 3.38. The van der Waals surface area contributed by atoms with Crippen LogP contribution in [0, 0.1) is 15.3 Å². The maximum absolute atomic E-state index is 10.9. The van der Waals surface area contributed by atoms with Gasteiger partial charge in [-0.2, -0.15) is 4.73 Å². The van der Waals surface area contributed by atoms with E-state index in [0.29, 0.717) is 20.1 Å². The number of pyridine rings is 1. The summed E-state index contributed by atoms with van der Waals surface area (Å²) in [7, 11) is 0. The van der Waals surface area contributed by atoms with E-state index in [4.69, 9.17) is 0 Å². The van der Waals surface area contributed by atoms with E-state index in [1.807, 2.05) is 0 Å². The summed E-state index contributed by atoms with van der Waals surface area (Å²) < 4.78 is 0.822. The SMILES string of the molecule is O=[N+]([O-])c1c[n+]([O-])cc(Br)c1CBr. The van der Waals surface area contributed by atoms with Gasteiger partial charge in [0.15, 0.2) is 6.20 Å². The third kappa shape index (κ3) is 2.16. The third-order valence-electron chi connectivity index (χ3n) is 1.42. The van der Waals surface area contributed by atoms with E-state index in [1.54, 1.807) is 0 Å². The van der Waals surface area contributed by atoms with Crippen molar-refractivity contribution in [1.82, 2.24) is 0 Å². The molecule has 1 rings (SSSR count). The third-order valence-corrected chi connectivity index (χ3v) is 2.66. The van der Waals surface area contributed by atoms with Crippen molar-refractivity contribution in [3.63, 3.8) is 0 Å². The number of alkyl halides is 1. The maximum atomic E-state index is 10.9. The van der Waals surface area contributed by atoms with Crippen LogP contribution in [0.5, 0.6) is 0 Å². The maximum Gasteiger partial charge on any atom is 0.338 e. The average molecular weight is 312 g/mol. The van der Waals surface area contributed by atoms with Gasteiger partial charge in [-0.15, -0.1) is 0 Å². The minimum atomic E-state index is -0.588. The van der Waals surface area contributed by atoms with E-state index < -0.39 is 4.92 Å². The fraction of sp³-hybridized carbons (Fsp3) is 0.167. The lowest BCUT2D eigenvalue weighted by Crippen LogP contribution is -2.26. The molecule has 0 bridgehead atoms. The van der Waals surface area contributed by atoms with Crippen LogP contribution < -0.4 is 4.73 Å². The van der Waals surface area contributed by atoms with Crippen LogP contribution in [0.15, 0.2) is 16.9 Å². The van der Waals surface area contributed by atoms with Crippen LogP contribution in [0.3, 0.4) is 0 Å². The molecule has 1 aromatic rings. The van der Waals surface area contributed by atoms with Crippen LogP contribution >= 0.6 is 31.9 Å². The molecule has 0 aliphatic heterocycles. The zero-order valence-corrected chi connectivity index (χ0v) is 9.41. The molecule has 0 atom stereocenters. The Morgan fingerprint density at radius 1 is 1.54 bits per heavy atom. The van der Waals surface area contributed by atoms with Crippen LogP contribution in [0.25, 0.3) is 0 Å². The molecule has 13 heavy (non-hydrogen) atoms. The average Bonchev–Trinajstić information content (AvgIpc) is 2.02. The van der Waals surface area contributed by atoms with Gasteiger partial charge < -0.3 is 5.21 Å². The molecule has 0 N–H and O–H groups in total. The molecule has 1 aromatic heterocycles. The zero-order valence-electron chi connectivity index (χ0n) is 6.24. The lowest BCUT2D eigenvalue weighted by Gasteiger charge is -2.01. The number of aromatic nitrogens is 1. The van der Waals surface area contributed by atoms with Crippen LogP contribution in [0.2, 0.25) is 0 Å². The van der Waals surface area contributed by atoms with Crippen molar-refractivity contribution in [2.45, 2.75) is 5.33 Å². The molecule has 0 spiro atoms. The summed E-state index contributed by atoms with van der Waals surface area (Å²) in [6.45, 7) is 0. The van der Waals surface area contributed by atoms with Gasteiger partial charge >= 0.3 is 5.69 Å². The molecular weight excluding hydrogens is 308 g/mol. The number of nitrogens with zero attached hydrogens (tertiary/aromatic N) is 2. The highest BCUT2D eigenvalue weighted by Crippen LogP contribution is 2.26. The Hall–Kier alpha value is -0.690. The predicted molar refractivity (Wildman–Crippen MR) is 52.4 cm³/mol. The van der Waals surface area contributed by atoms with Gasteiger partial charge in [-0.3, -0.25) is 10.1 Å². The van der Waals surface area contributed by atoms with Gasteiger partial charge in [0.1, 0.15) is 0 Å². The molecule has 0 aliphatic carbocycles. The lowest BCUT2D eigenvalue weighted by molar-refractivity contribution is -0.610. The molecule has 0 radical (unpaired) electrons. The number of rotatable bonds is 2. The Labute approximate surface area is 90.4 Å². The predicted octanol–water partition coefficient (Wildman–Crippen LogP) is 1.89. The summed E-state index contributed by atoms with van der Waals surface area (Å²) in [6, 6.07) is 0. The minimum absolute atomic E-state index is 0.193. The highest BCUT2D eigenvalue weighted by atomic mass is 79.9. The van der Waals surface area contributed by atoms with Crippen molar-refractivity contribution in [3.8, 4) is 0 Å². The van der Waals surface area contributed by atoms with E-state index in [9.17, 15) is 15.3 Å². The summed E-state index contributed by atoms with van der Waals surface area (Å²) in [6.07, 6.45) is 2.16. The number of nitro groups is 1. The van der Waals surface area contributed by atoms with Crippen molar-refractivity contribution in [2.24, 2.45) is 0 Å². The first-order valence-electron chi connectivity index (χ1n) is 3.17. The number of halogens is 2. The first kappa shape index (κ1) is 10.4. The number of hydrogen-bond acceptors (Lipinski definition) is 3. The van der Waals surface area contributed by atoms with Crippen LogP contribution in [0.4, 0.5) is 5.69 Å². The normalized spacial score (nSPS) is 10.0. The standard InChI is InChI=1S/C6H4Br2N2O3/c7-1-4-5(8)2-9(11)3-6(4)10(12)13/h2-3H,1H2. The van der Waals surface area contributed by atoms with Crippen molar-refractivity contribution < 1.29 is 9.65 Å². The molecule has 1 heterocycles. The van der Waals surface area contributed by atoms with E-state index in [-0.39, 0.29) is 5.69 Å². The number of hydrogen-bond donors (Lipinski definition) is 0. The fourth-order valence-corrected chi connectivity index (χ4v) is 2.35. The molecule has 0 aliphatic rings. The Morgan fingerprint density at radius 2 is 2.15 bits per heavy atom. The Morgan fingerprint density at radius 3 is 2.62 bits per heavy atom. The molecular formula is C6H4Br2N2O3. The highest BCUT2D eigenvalue weighted by molar-refractivity contribution is 9.10. The van der Waals surface area contributed by atoms with Crippen LogP contribution in [0.1, 0.15) is 5.56 Å². The second kappa shape index (κ2) is 4.01. The van der Waals surface area contributed by atoms with E-state index in [2.05, 4.69) is 31.9 Å². The smallest absolute Gasteiger partial charge is 0.338 e. The topological polar surface area (TPSA) is 70.1 Å². The summed E-state index contributed by atoms with van der Waals surface area (Å²) in [4.78, 5) is 9.91. The van der Waals surface area contributed by atoms with E-state index in [1.165, 1.54) is 6.20 Å². The molecule has 5 nitrogen and oxygen atoms in total. The van der Waals surface area contributed by atoms with Gasteiger partial charge in [-0.1, -0.05) is 15.9 Å². The summed E-state index contributed by atoms with van der Waals surface area (Å²) in [5.41, 5.74) is 0.262. The summed E-state index contributed by atoms with van der Waals surface area (Å²) >= 11 is 6.18. The molecule has 7 heteroatoms. The summed E-state index contributed by atoms with van der Waals surface area (Å²) in [5.74, 6) is 0. The second-order valence-electron chi connectivity index (χ2n) is 2.22. The molecule has 0 saturated carbocycles. The van der Waals surface area contributed by atoms with E-state index in [0.717, 1.165) is 6.20 Å². The Kier molecular flexibility index (Phi) is 3.21. The fourth-order valence-electron chi connectivity index (χ4n) is 0.837. The molecule has 70 valence electrons. The van der Waals surface area contributed by atoms with Gasteiger partial charge in [0.25, 0.3) is 6.20 Å². The van der Waals surface area contributed by atoms with E-state index >= 15 is 0 Å². The largest absolute Gasteiger partial charge is 0.618 e. The van der Waals surface area contributed by atoms with Crippen molar-refractivity contribution >= 4 is 37.5 Å². The van der Waals surface area contributed by atoms with Gasteiger partial charge in [-0.05, 0) is 15.9 Å².